The van der Waals surface area contributed by atoms with E-state index in [1.54, 1.807) is 0 Å². The Labute approximate surface area is 118 Å². The molecule has 1 aromatic carbocycles. The lowest BCUT2D eigenvalue weighted by Crippen LogP contribution is -2.16. The largest absolute Gasteiger partial charge is 0.494 e. The second-order valence-corrected chi connectivity index (χ2v) is 5.57. The molecule has 0 radical (unpaired) electrons. The van der Waals surface area contributed by atoms with Gasteiger partial charge in [0.15, 0.2) is 0 Å². The zero-order valence-corrected chi connectivity index (χ0v) is 13.1. The molecule has 0 saturated heterocycles. The molecule has 0 aliphatic heterocycles. The summed E-state index contributed by atoms with van der Waals surface area (Å²) in [4.78, 5) is 0. The molecule has 2 unspecified atom stereocenters. The first-order valence-electron chi connectivity index (χ1n) is 7.49. The minimum atomic E-state index is 0.290. The van der Waals surface area contributed by atoms with Gasteiger partial charge in [0.2, 0.25) is 0 Å². The van der Waals surface area contributed by atoms with E-state index in [0.29, 0.717) is 5.92 Å². The zero-order valence-electron chi connectivity index (χ0n) is 13.1. The average Bonchev–Trinajstić information content (AvgIpc) is 2.35. The molecule has 1 aromatic rings. The van der Waals surface area contributed by atoms with Gasteiger partial charge in [0.1, 0.15) is 5.75 Å². The van der Waals surface area contributed by atoms with Crippen LogP contribution in [0, 0.1) is 13.8 Å². The lowest BCUT2D eigenvalue weighted by atomic mass is 9.87. The standard InChI is InChI=1S/C17H29NO/c1-6-15(9-8-14(5)18)16-10-13(4)17(19-7-2)11-12(16)3/h10-11,14-15H,6-9,18H2,1-5H3. The molecule has 0 amide bonds. The van der Waals surface area contributed by atoms with Crippen LogP contribution in [0.1, 0.15) is 62.6 Å². The number of benzene rings is 1. The normalized spacial score (nSPS) is 14.2. The fraction of sp³-hybridized carbons (Fsp3) is 0.647. The number of rotatable bonds is 7. The molecule has 0 fully saturated rings. The van der Waals surface area contributed by atoms with Gasteiger partial charge in [0.05, 0.1) is 6.61 Å². The molecule has 2 N–H and O–H groups in total. The average molecular weight is 263 g/mol. The van der Waals surface area contributed by atoms with E-state index in [4.69, 9.17) is 10.5 Å². The van der Waals surface area contributed by atoms with Crippen LogP contribution < -0.4 is 10.5 Å². The highest BCUT2D eigenvalue weighted by Crippen LogP contribution is 2.32. The first-order valence-corrected chi connectivity index (χ1v) is 7.49. The van der Waals surface area contributed by atoms with Crippen molar-refractivity contribution in [2.75, 3.05) is 6.61 Å². The third-order valence-electron chi connectivity index (χ3n) is 3.77. The van der Waals surface area contributed by atoms with Crippen LogP contribution in [0.25, 0.3) is 0 Å². The monoisotopic (exact) mass is 263 g/mol. The highest BCUT2D eigenvalue weighted by molar-refractivity contribution is 5.43. The van der Waals surface area contributed by atoms with Gasteiger partial charge in [0.25, 0.3) is 0 Å². The highest BCUT2D eigenvalue weighted by atomic mass is 16.5. The minimum Gasteiger partial charge on any atom is -0.494 e. The van der Waals surface area contributed by atoms with Crippen molar-refractivity contribution in [2.45, 2.75) is 65.8 Å². The fourth-order valence-electron chi connectivity index (χ4n) is 2.61. The SMILES string of the molecule is CCOc1cc(C)c(C(CC)CCC(C)N)cc1C. The molecule has 0 aliphatic carbocycles. The Morgan fingerprint density at radius 1 is 1.11 bits per heavy atom. The topological polar surface area (TPSA) is 35.2 Å². The van der Waals surface area contributed by atoms with Gasteiger partial charge in [-0.05, 0) is 75.6 Å². The molecule has 0 aromatic heterocycles. The highest BCUT2D eigenvalue weighted by Gasteiger charge is 2.15. The van der Waals surface area contributed by atoms with Crippen molar-refractivity contribution in [3.05, 3.63) is 28.8 Å². The van der Waals surface area contributed by atoms with Crippen molar-refractivity contribution in [3.8, 4) is 5.75 Å². The summed E-state index contributed by atoms with van der Waals surface area (Å²) in [6.45, 7) is 11.4. The summed E-state index contributed by atoms with van der Waals surface area (Å²) >= 11 is 0. The van der Waals surface area contributed by atoms with Gasteiger partial charge in [-0.2, -0.15) is 0 Å². The summed E-state index contributed by atoms with van der Waals surface area (Å²) < 4.78 is 5.66. The Morgan fingerprint density at radius 2 is 1.79 bits per heavy atom. The number of hydrogen-bond donors (Lipinski definition) is 1. The van der Waals surface area contributed by atoms with Crippen LogP contribution in [0.5, 0.6) is 5.75 Å². The van der Waals surface area contributed by atoms with E-state index < -0.39 is 0 Å². The van der Waals surface area contributed by atoms with E-state index in [1.165, 1.54) is 29.5 Å². The molecule has 0 saturated carbocycles. The lowest BCUT2D eigenvalue weighted by molar-refractivity contribution is 0.337. The second-order valence-electron chi connectivity index (χ2n) is 5.57. The molecular weight excluding hydrogens is 234 g/mol. The third-order valence-corrected chi connectivity index (χ3v) is 3.77. The van der Waals surface area contributed by atoms with E-state index >= 15 is 0 Å². The molecule has 2 nitrogen and oxygen atoms in total. The smallest absolute Gasteiger partial charge is 0.122 e. The van der Waals surface area contributed by atoms with Gasteiger partial charge in [-0.25, -0.2) is 0 Å². The fourth-order valence-corrected chi connectivity index (χ4v) is 2.61. The lowest BCUT2D eigenvalue weighted by Gasteiger charge is -2.21. The maximum atomic E-state index is 5.89. The molecule has 2 atom stereocenters. The number of aryl methyl sites for hydroxylation is 2. The molecule has 2 heteroatoms. The Hall–Kier alpha value is -1.02. The first kappa shape index (κ1) is 16.0. The number of hydrogen-bond acceptors (Lipinski definition) is 2. The van der Waals surface area contributed by atoms with Gasteiger partial charge in [-0.3, -0.25) is 0 Å². The Bertz CT molecular complexity index is 398. The summed E-state index contributed by atoms with van der Waals surface area (Å²) in [6, 6.07) is 4.77. The molecule has 0 heterocycles. The van der Waals surface area contributed by atoms with Gasteiger partial charge < -0.3 is 10.5 Å². The molecule has 0 spiro atoms. The third kappa shape index (κ3) is 4.54. The first-order chi connectivity index (χ1) is 8.99. The van der Waals surface area contributed by atoms with Gasteiger partial charge in [0, 0.05) is 6.04 Å². The molecule has 0 bridgehead atoms. The van der Waals surface area contributed by atoms with Crippen molar-refractivity contribution < 1.29 is 4.74 Å². The maximum Gasteiger partial charge on any atom is 0.122 e. The van der Waals surface area contributed by atoms with Crippen LogP contribution in [-0.4, -0.2) is 12.6 Å². The predicted octanol–water partition coefficient (Wildman–Crippen LogP) is 4.32. The summed E-state index contributed by atoms with van der Waals surface area (Å²) in [5, 5.41) is 0. The van der Waals surface area contributed by atoms with E-state index in [-0.39, 0.29) is 6.04 Å². The summed E-state index contributed by atoms with van der Waals surface area (Å²) in [6.07, 6.45) is 3.42. The van der Waals surface area contributed by atoms with Crippen LogP contribution in [0.3, 0.4) is 0 Å². The Morgan fingerprint density at radius 3 is 2.32 bits per heavy atom. The van der Waals surface area contributed by atoms with E-state index in [1.807, 2.05) is 6.92 Å². The Balaban J connectivity index is 2.94. The van der Waals surface area contributed by atoms with Crippen LogP contribution in [0.2, 0.25) is 0 Å². The molecular formula is C17H29NO. The van der Waals surface area contributed by atoms with Crippen molar-refractivity contribution in [2.24, 2.45) is 5.73 Å². The summed E-state index contributed by atoms with van der Waals surface area (Å²) in [5.41, 5.74) is 9.92. The van der Waals surface area contributed by atoms with Crippen LogP contribution >= 0.6 is 0 Å². The van der Waals surface area contributed by atoms with Crippen LogP contribution in [-0.2, 0) is 0 Å². The number of nitrogens with two attached hydrogens (primary N) is 1. The van der Waals surface area contributed by atoms with Gasteiger partial charge >= 0.3 is 0 Å². The van der Waals surface area contributed by atoms with Crippen molar-refractivity contribution >= 4 is 0 Å². The van der Waals surface area contributed by atoms with Gasteiger partial charge in [-0.1, -0.05) is 13.0 Å². The van der Waals surface area contributed by atoms with E-state index in [0.717, 1.165) is 18.8 Å². The molecule has 0 aliphatic rings. The van der Waals surface area contributed by atoms with Crippen molar-refractivity contribution in [1.29, 1.82) is 0 Å². The van der Waals surface area contributed by atoms with E-state index in [2.05, 4.69) is 39.8 Å². The summed E-state index contributed by atoms with van der Waals surface area (Å²) in [5.74, 6) is 1.63. The summed E-state index contributed by atoms with van der Waals surface area (Å²) in [7, 11) is 0. The van der Waals surface area contributed by atoms with Crippen LogP contribution in [0.4, 0.5) is 0 Å². The van der Waals surface area contributed by atoms with E-state index in [9.17, 15) is 0 Å². The molecule has 19 heavy (non-hydrogen) atoms. The van der Waals surface area contributed by atoms with Crippen molar-refractivity contribution in [3.63, 3.8) is 0 Å². The van der Waals surface area contributed by atoms with Gasteiger partial charge in [-0.15, -0.1) is 0 Å². The zero-order chi connectivity index (χ0) is 14.4. The predicted molar refractivity (Wildman–Crippen MR) is 83.0 cm³/mol. The second kappa shape index (κ2) is 7.54. The number of ether oxygens (including phenoxy) is 1. The van der Waals surface area contributed by atoms with Crippen LogP contribution in [0.15, 0.2) is 12.1 Å². The maximum absolute atomic E-state index is 5.89. The minimum absolute atomic E-state index is 0.290. The quantitative estimate of drug-likeness (QED) is 0.795. The van der Waals surface area contributed by atoms with Crippen molar-refractivity contribution in [1.82, 2.24) is 0 Å². The molecule has 108 valence electrons. The molecule has 1 rings (SSSR count). The Kier molecular flexibility index (Phi) is 6.36.